The van der Waals surface area contributed by atoms with Crippen LogP contribution in [0.25, 0.3) is 0 Å². The van der Waals surface area contributed by atoms with Gasteiger partial charge in [-0.1, -0.05) is 45.6 Å². The minimum Gasteiger partial charge on any atom is -0.391 e. The molecule has 0 rings (SSSR count). The Labute approximate surface area is 77.2 Å². The Bertz CT molecular complexity index is 97.2. The van der Waals surface area contributed by atoms with E-state index in [1.807, 2.05) is 0 Å². The van der Waals surface area contributed by atoms with Crippen LogP contribution in [0.4, 0.5) is 0 Å². The molecule has 0 fully saturated rings. The van der Waals surface area contributed by atoms with Crippen molar-refractivity contribution in [2.24, 2.45) is 0 Å². The van der Waals surface area contributed by atoms with Crippen LogP contribution in [-0.4, -0.2) is 6.54 Å². The van der Waals surface area contributed by atoms with E-state index in [1.165, 1.54) is 38.5 Å². The van der Waals surface area contributed by atoms with Crippen LogP contribution >= 0.6 is 0 Å². The van der Waals surface area contributed by atoms with Crippen LogP contribution in [0.15, 0.2) is 12.3 Å². The molecule has 0 spiro atoms. The lowest BCUT2D eigenvalue weighted by atomic mass is 10.2. The van der Waals surface area contributed by atoms with Crippen molar-refractivity contribution in [1.29, 1.82) is 0 Å². The van der Waals surface area contributed by atoms with E-state index in [0.717, 1.165) is 6.54 Å². The van der Waals surface area contributed by atoms with Gasteiger partial charge in [0.2, 0.25) is 0 Å². The van der Waals surface area contributed by atoms with Gasteiger partial charge < -0.3 is 5.32 Å². The SMILES string of the molecule is CCCC/C=C/NCCCCC. The molecule has 0 aliphatic heterocycles. The summed E-state index contributed by atoms with van der Waals surface area (Å²) in [6.45, 7) is 5.59. The number of hydrogen-bond acceptors (Lipinski definition) is 1. The first kappa shape index (κ1) is 11.5. The van der Waals surface area contributed by atoms with E-state index in [9.17, 15) is 0 Å². The van der Waals surface area contributed by atoms with Gasteiger partial charge in [-0.2, -0.15) is 0 Å². The van der Waals surface area contributed by atoms with Crippen LogP contribution in [0.3, 0.4) is 0 Å². The molecule has 0 aromatic carbocycles. The fraction of sp³-hybridized carbons (Fsp3) is 0.818. The van der Waals surface area contributed by atoms with Gasteiger partial charge >= 0.3 is 0 Å². The zero-order valence-corrected chi connectivity index (χ0v) is 8.60. The molecule has 0 aromatic rings. The minimum absolute atomic E-state index is 1.14. The van der Waals surface area contributed by atoms with Gasteiger partial charge in [0.05, 0.1) is 0 Å². The van der Waals surface area contributed by atoms with E-state index in [4.69, 9.17) is 0 Å². The van der Waals surface area contributed by atoms with Gasteiger partial charge in [-0.3, -0.25) is 0 Å². The Hall–Kier alpha value is -0.460. The number of unbranched alkanes of at least 4 members (excludes halogenated alkanes) is 4. The number of rotatable bonds is 8. The summed E-state index contributed by atoms with van der Waals surface area (Å²) in [6.07, 6.45) is 12.1. The van der Waals surface area contributed by atoms with Crippen molar-refractivity contribution in [1.82, 2.24) is 5.32 Å². The Kier molecular flexibility index (Phi) is 10.1. The lowest BCUT2D eigenvalue weighted by Gasteiger charge is -1.98. The fourth-order valence-electron chi connectivity index (χ4n) is 1.05. The van der Waals surface area contributed by atoms with E-state index in [0.29, 0.717) is 0 Å². The van der Waals surface area contributed by atoms with E-state index in [1.54, 1.807) is 0 Å². The van der Waals surface area contributed by atoms with Gasteiger partial charge in [-0.05, 0) is 19.0 Å². The Morgan fingerprint density at radius 2 is 1.75 bits per heavy atom. The normalized spacial score (nSPS) is 10.8. The first-order chi connectivity index (χ1) is 5.91. The third kappa shape index (κ3) is 9.54. The second-order valence-corrected chi connectivity index (χ2v) is 3.21. The maximum absolute atomic E-state index is 3.30. The molecule has 1 nitrogen and oxygen atoms in total. The zero-order chi connectivity index (χ0) is 9.07. The van der Waals surface area contributed by atoms with Crippen LogP contribution < -0.4 is 5.32 Å². The lowest BCUT2D eigenvalue weighted by Crippen LogP contribution is -2.06. The highest BCUT2D eigenvalue weighted by molar-refractivity contribution is 4.78. The second kappa shape index (κ2) is 10.5. The molecule has 1 N–H and O–H groups in total. The zero-order valence-electron chi connectivity index (χ0n) is 8.60. The molecular weight excluding hydrogens is 146 g/mol. The van der Waals surface area contributed by atoms with Crippen molar-refractivity contribution in [2.75, 3.05) is 6.54 Å². The molecular formula is C11H23N. The summed E-state index contributed by atoms with van der Waals surface area (Å²) in [5.74, 6) is 0. The topological polar surface area (TPSA) is 12.0 Å². The molecule has 0 aromatic heterocycles. The second-order valence-electron chi connectivity index (χ2n) is 3.21. The Morgan fingerprint density at radius 1 is 1.00 bits per heavy atom. The third-order valence-corrected chi connectivity index (χ3v) is 1.88. The molecule has 0 bridgehead atoms. The summed E-state index contributed by atoms with van der Waals surface area (Å²) in [7, 11) is 0. The molecule has 0 aliphatic carbocycles. The van der Waals surface area contributed by atoms with Gasteiger partial charge in [0.25, 0.3) is 0 Å². The van der Waals surface area contributed by atoms with Crippen molar-refractivity contribution in [3.8, 4) is 0 Å². The third-order valence-electron chi connectivity index (χ3n) is 1.88. The summed E-state index contributed by atoms with van der Waals surface area (Å²) in [6, 6.07) is 0. The van der Waals surface area contributed by atoms with Crippen molar-refractivity contribution < 1.29 is 0 Å². The largest absolute Gasteiger partial charge is 0.391 e. The molecule has 12 heavy (non-hydrogen) atoms. The monoisotopic (exact) mass is 169 g/mol. The van der Waals surface area contributed by atoms with Crippen molar-refractivity contribution in [2.45, 2.75) is 52.4 Å². The van der Waals surface area contributed by atoms with Crippen LogP contribution in [0.2, 0.25) is 0 Å². The van der Waals surface area contributed by atoms with E-state index >= 15 is 0 Å². The first-order valence-electron chi connectivity index (χ1n) is 5.30. The molecule has 72 valence electrons. The molecule has 0 aliphatic rings. The van der Waals surface area contributed by atoms with Crippen LogP contribution in [0.1, 0.15) is 52.4 Å². The number of hydrogen-bond donors (Lipinski definition) is 1. The summed E-state index contributed by atoms with van der Waals surface area (Å²) < 4.78 is 0. The van der Waals surface area contributed by atoms with Crippen LogP contribution in [0, 0.1) is 0 Å². The van der Waals surface area contributed by atoms with E-state index < -0.39 is 0 Å². The van der Waals surface area contributed by atoms with Crippen molar-refractivity contribution in [3.63, 3.8) is 0 Å². The highest BCUT2D eigenvalue weighted by Crippen LogP contribution is 1.94. The molecule has 0 amide bonds. The minimum atomic E-state index is 1.14. The van der Waals surface area contributed by atoms with E-state index in [-0.39, 0.29) is 0 Å². The smallest absolute Gasteiger partial charge is 0.0141 e. The van der Waals surface area contributed by atoms with Crippen LogP contribution in [0.5, 0.6) is 0 Å². The Morgan fingerprint density at radius 3 is 2.42 bits per heavy atom. The number of allylic oxidation sites excluding steroid dienone is 1. The average molecular weight is 169 g/mol. The summed E-state index contributed by atoms with van der Waals surface area (Å²) in [5, 5.41) is 3.30. The lowest BCUT2D eigenvalue weighted by molar-refractivity contribution is 0.681. The number of nitrogens with one attached hydrogen (secondary N) is 1. The summed E-state index contributed by atoms with van der Waals surface area (Å²) in [5.41, 5.74) is 0. The average Bonchev–Trinajstić information content (AvgIpc) is 2.10. The maximum atomic E-state index is 3.30. The molecule has 0 radical (unpaired) electrons. The molecule has 0 saturated carbocycles. The quantitative estimate of drug-likeness (QED) is 0.549. The highest BCUT2D eigenvalue weighted by Gasteiger charge is 1.82. The maximum Gasteiger partial charge on any atom is 0.0141 e. The highest BCUT2D eigenvalue weighted by atomic mass is 14.8. The van der Waals surface area contributed by atoms with Gasteiger partial charge in [0.1, 0.15) is 0 Å². The molecule has 0 unspecified atom stereocenters. The summed E-state index contributed by atoms with van der Waals surface area (Å²) >= 11 is 0. The molecule has 0 atom stereocenters. The molecule has 1 heteroatoms. The van der Waals surface area contributed by atoms with Gasteiger partial charge in [0.15, 0.2) is 0 Å². The predicted octanol–water partition coefficient (Wildman–Crippen LogP) is 3.47. The molecule has 0 heterocycles. The first-order valence-corrected chi connectivity index (χ1v) is 5.30. The fourth-order valence-corrected chi connectivity index (χ4v) is 1.05. The van der Waals surface area contributed by atoms with Gasteiger partial charge in [-0.25, -0.2) is 0 Å². The Balaban J connectivity index is 2.92. The van der Waals surface area contributed by atoms with Crippen LogP contribution in [-0.2, 0) is 0 Å². The van der Waals surface area contributed by atoms with E-state index in [2.05, 4.69) is 31.4 Å². The van der Waals surface area contributed by atoms with Gasteiger partial charge in [0, 0.05) is 6.54 Å². The molecule has 0 saturated heterocycles. The predicted molar refractivity (Wildman–Crippen MR) is 56.2 cm³/mol. The van der Waals surface area contributed by atoms with Gasteiger partial charge in [-0.15, -0.1) is 0 Å². The van der Waals surface area contributed by atoms with Crippen molar-refractivity contribution >= 4 is 0 Å². The van der Waals surface area contributed by atoms with Crippen molar-refractivity contribution in [3.05, 3.63) is 12.3 Å². The summed E-state index contributed by atoms with van der Waals surface area (Å²) in [4.78, 5) is 0. The standard InChI is InChI=1S/C11H23N/c1-3-5-7-9-11-12-10-8-6-4-2/h9,11-12H,3-8,10H2,1-2H3/b11-9+.